The lowest BCUT2D eigenvalue weighted by molar-refractivity contribution is -0.119. The Balaban J connectivity index is 1.95. The van der Waals surface area contributed by atoms with E-state index in [-0.39, 0.29) is 10.6 Å². The van der Waals surface area contributed by atoms with Crippen molar-refractivity contribution in [3.05, 3.63) is 64.4 Å². The highest BCUT2D eigenvalue weighted by Gasteiger charge is 2.15. The fourth-order valence-electron chi connectivity index (χ4n) is 1.76. The molecule has 0 atom stereocenters. The largest absolute Gasteiger partial charge is 0.452 e. The van der Waals surface area contributed by atoms with Gasteiger partial charge in [0.05, 0.1) is 10.6 Å². The summed E-state index contributed by atoms with van der Waals surface area (Å²) in [5, 5.41) is 2.68. The Hall–Kier alpha value is -2.40. The van der Waals surface area contributed by atoms with Gasteiger partial charge in [-0.1, -0.05) is 29.8 Å². The number of aryl methyl sites for hydroxylation is 1. The predicted molar refractivity (Wildman–Crippen MR) is 81.5 cm³/mol. The number of halogens is 2. The second kappa shape index (κ2) is 7.04. The Morgan fingerprint density at radius 2 is 1.95 bits per heavy atom. The summed E-state index contributed by atoms with van der Waals surface area (Å²) in [6.07, 6.45) is 0. The Bertz CT molecular complexity index is 718. The van der Waals surface area contributed by atoms with Gasteiger partial charge in [0, 0.05) is 5.69 Å². The molecule has 4 nitrogen and oxygen atoms in total. The number of anilines is 1. The number of amides is 1. The molecule has 2 aromatic carbocycles. The van der Waals surface area contributed by atoms with Crippen molar-refractivity contribution in [2.45, 2.75) is 6.92 Å². The minimum absolute atomic E-state index is 0.0608. The second-order valence-corrected chi connectivity index (χ2v) is 4.97. The predicted octanol–water partition coefficient (Wildman–Crippen LogP) is 3.58. The molecule has 0 unspecified atom stereocenters. The summed E-state index contributed by atoms with van der Waals surface area (Å²) in [4.78, 5) is 23.5. The second-order valence-electron chi connectivity index (χ2n) is 4.56. The number of esters is 1. The number of ether oxygens (including phenoxy) is 1. The Morgan fingerprint density at radius 3 is 2.68 bits per heavy atom. The minimum Gasteiger partial charge on any atom is -0.452 e. The van der Waals surface area contributed by atoms with Crippen molar-refractivity contribution in [3.8, 4) is 0 Å². The van der Waals surface area contributed by atoms with Crippen LogP contribution in [-0.2, 0) is 9.53 Å². The number of para-hydroxylation sites is 1. The topological polar surface area (TPSA) is 55.4 Å². The summed E-state index contributed by atoms with van der Waals surface area (Å²) in [6.45, 7) is 1.36. The third-order valence-electron chi connectivity index (χ3n) is 2.90. The van der Waals surface area contributed by atoms with Gasteiger partial charge in [-0.15, -0.1) is 0 Å². The van der Waals surface area contributed by atoms with Crippen LogP contribution in [0, 0.1) is 12.7 Å². The Labute approximate surface area is 131 Å². The monoisotopic (exact) mass is 321 g/mol. The van der Waals surface area contributed by atoms with Gasteiger partial charge >= 0.3 is 5.97 Å². The number of carbonyl (C=O) groups is 2. The molecule has 0 aliphatic heterocycles. The Kier molecular flexibility index (Phi) is 5.12. The van der Waals surface area contributed by atoms with E-state index in [0.717, 1.165) is 17.7 Å². The van der Waals surface area contributed by atoms with Crippen LogP contribution in [0.4, 0.5) is 10.1 Å². The summed E-state index contributed by atoms with van der Waals surface area (Å²) < 4.78 is 17.9. The third kappa shape index (κ3) is 4.05. The molecule has 2 aromatic rings. The number of rotatable bonds is 4. The van der Waals surface area contributed by atoms with Gasteiger partial charge in [-0.2, -0.15) is 0 Å². The number of hydrogen-bond acceptors (Lipinski definition) is 3. The highest BCUT2D eigenvalue weighted by molar-refractivity contribution is 6.33. The average Bonchev–Trinajstić information content (AvgIpc) is 2.49. The van der Waals surface area contributed by atoms with Gasteiger partial charge < -0.3 is 10.1 Å². The van der Waals surface area contributed by atoms with Crippen molar-refractivity contribution in [2.24, 2.45) is 0 Å². The van der Waals surface area contributed by atoms with Gasteiger partial charge in [0.1, 0.15) is 5.82 Å². The van der Waals surface area contributed by atoms with Crippen LogP contribution >= 0.6 is 11.6 Å². The molecule has 0 radical (unpaired) electrons. The normalized spacial score (nSPS) is 10.1. The van der Waals surface area contributed by atoms with Crippen LogP contribution in [0.3, 0.4) is 0 Å². The van der Waals surface area contributed by atoms with Gasteiger partial charge in [0.15, 0.2) is 6.61 Å². The highest BCUT2D eigenvalue weighted by atomic mass is 35.5. The molecule has 6 heteroatoms. The molecule has 1 amide bonds. The van der Waals surface area contributed by atoms with Crippen LogP contribution in [0.25, 0.3) is 0 Å². The van der Waals surface area contributed by atoms with E-state index in [1.807, 2.05) is 19.1 Å². The van der Waals surface area contributed by atoms with Crippen molar-refractivity contribution in [1.29, 1.82) is 0 Å². The molecule has 0 aromatic heterocycles. The first kappa shape index (κ1) is 16.0. The lowest BCUT2D eigenvalue weighted by Crippen LogP contribution is -2.21. The average molecular weight is 322 g/mol. The zero-order chi connectivity index (χ0) is 16.1. The molecule has 0 aliphatic carbocycles. The standard InChI is InChI=1S/C16H13ClFNO3/c1-10-4-2-3-5-14(10)19-15(20)9-22-16(21)12-8-11(18)6-7-13(12)17/h2-8H,9H2,1H3,(H,19,20). The van der Waals surface area contributed by atoms with Crippen molar-refractivity contribution in [2.75, 3.05) is 11.9 Å². The fraction of sp³-hybridized carbons (Fsp3) is 0.125. The number of hydrogen-bond donors (Lipinski definition) is 1. The number of carbonyl (C=O) groups excluding carboxylic acids is 2. The van der Waals surface area contributed by atoms with Gasteiger partial charge in [0.25, 0.3) is 5.91 Å². The molecule has 0 saturated heterocycles. The van der Waals surface area contributed by atoms with E-state index >= 15 is 0 Å². The van der Waals surface area contributed by atoms with Crippen molar-refractivity contribution in [3.63, 3.8) is 0 Å². The first-order chi connectivity index (χ1) is 10.5. The van der Waals surface area contributed by atoms with E-state index in [1.54, 1.807) is 12.1 Å². The van der Waals surface area contributed by atoms with E-state index in [4.69, 9.17) is 16.3 Å². The Morgan fingerprint density at radius 1 is 1.23 bits per heavy atom. The van der Waals surface area contributed by atoms with Crippen LogP contribution in [0.5, 0.6) is 0 Å². The first-order valence-corrected chi connectivity index (χ1v) is 6.83. The quantitative estimate of drug-likeness (QED) is 0.876. The maximum atomic E-state index is 13.1. The summed E-state index contributed by atoms with van der Waals surface area (Å²) in [5.74, 6) is -1.96. The molecule has 114 valence electrons. The van der Waals surface area contributed by atoms with Gasteiger partial charge in [-0.25, -0.2) is 9.18 Å². The number of benzene rings is 2. The maximum absolute atomic E-state index is 13.1. The van der Waals surface area contributed by atoms with Crippen molar-refractivity contribution >= 4 is 29.2 Å². The molecule has 0 aliphatic rings. The maximum Gasteiger partial charge on any atom is 0.340 e. The van der Waals surface area contributed by atoms with Crippen molar-refractivity contribution in [1.82, 2.24) is 0 Å². The van der Waals surface area contributed by atoms with E-state index in [9.17, 15) is 14.0 Å². The van der Waals surface area contributed by atoms with Crippen molar-refractivity contribution < 1.29 is 18.7 Å². The SMILES string of the molecule is Cc1ccccc1NC(=O)COC(=O)c1cc(F)ccc1Cl. The molecule has 0 bridgehead atoms. The van der Waals surface area contributed by atoms with E-state index in [1.165, 1.54) is 6.07 Å². The molecule has 0 spiro atoms. The molecular formula is C16H13ClFNO3. The van der Waals surface area contributed by atoms with Crippen LogP contribution in [0.2, 0.25) is 5.02 Å². The highest BCUT2D eigenvalue weighted by Crippen LogP contribution is 2.18. The van der Waals surface area contributed by atoms with Crippen LogP contribution in [0.15, 0.2) is 42.5 Å². The summed E-state index contributed by atoms with van der Waals surface area (Å²) >= 11 is 5.79. The smallest absolute Gasteiger partial charge is 0.340 e. The molecule has 0 saturated carbocycles. The van der Waals surface area contributed by atoms with E-state index in [0.29, 0.717) is 5.69 Å². The first-order valence-electron chi connectivity index (χ1n) is 6.45. The minimum atomic E-state index is -0.857. The molecular weight excluding hydrogens is 309 g/mol. The van der Waals surface area contributed by atoms with Crippen LogP contribution in [0.1, 0.15) is 15.9 Å². The fourth-order valence-corrected chi connectivity index (χ4v) is 1.96. The van der Waals surface area contributed by atoms with Gasteiger partial charge in [-0.3, -0.25) is 4.79 Å². The van der Waals surface area contributed by atoms with Gasteiger partial charge in [-0.05, 0) is 36.8 Å². The summed E-state index contributed by atoms with van der Waals surface area (Å²) in [7, 11) is 0. The lowest BCUT2D eigenvalue weighted by atomic mass is 10.2. The zero-order valence-electron chi connectivity index (χ0n) is 11.7. The van der Waals surface area contributed by atoms with E-state index < -0.39 is 24.3 Å². The molecule has 22 heavy (non-hydrogen) atoms. The zero-order valence-corrected chi connectivity index (χ0v) is 12.5. The summed E-state index contributed by atoms with van der Waals surface area (Å²) in [6, 6.07) is 10.5. The third-order valence-corrected chi connectivity index (χ3v) is 3.23. The van der Waals surface area contributed by atoms with Crippen LogP contribution < -0.4 is 5.32 Å². The molecule has 0 fully saturated rings. The lowest BCUT2D eigenvalue weighted by Gasteiger charge is -2.09. The molecule has 1 N–H and O–H groups in total. The number of nitrogens with one attached hydrogen (secondary N) is 1. The molecule has 2 rings (SSSR count). The van der Waals surface area contributed by atoms with Crippen LogP contribution in [-0.4, -0.2) is 18.5 Å². The van der Waals surface area contributed by atoms with E-state index in [2.05, 4.69) is 5.32 Å². The van der Waals surface area contributed by atoms with Gasteiger partial charge in [0.2, 0.25) is 0 Å². The summed E-state index contributed by atoms with van der Waals surface area (Å²) in [5.41, 5.74) is 1.40. The molecule has 0 heterocycles.